The van der Waals surface area contributed by atoms with Crippen LogP contribution >= 0.6 is 0 Å². The van der Waals surface area contributed by atoms with Crippen molar-refractivity contribution in [2.24, 2.45) is 10.9 Å². The van der Waals surface area contributed by atoms with Crippen LogP contribution in [-0.4, -0.2) is 26.1 Å². The van der Waals surface area contributed by atoms with Crippen molar-refractivity contribution < 1.29 is 19.0 Å². The van der Waals surface area contributed by atoms with E-state index in [-0.39, 0.29) is 11.9 Å². The van der Waals surface area contributed by atoms with Crippen LogP contribution < -0.4 is 9.47 Å². The van der Waals surface area contributed by atoms with Gasteiger partial charge in [-0.3, -0.25) is 0 Å². The third-order valence-electron chi connectivity index (χ3n) is 4.02. The van der Waals surface area contributed by atoms with Crippen molar-refractivity contribution in [2.45, 2.75) is 25.7 Å². The van der Waals surface area contributed by atoms with E-state index in [0.717, 1.165) is 18.4 Å². The molecule has 0 spiro atoms. The van der Waals surface area contributed by atoms with E-state index < -0.39 is 0 Å². The van der Waals surface area contributed by atoms with Crippen molar-refractivity contribution in [3.8, 4) is 11.5 Å². The Morgan fingerprint density at radius 1 is 1.14 bits per heavy atom. The fraction of sp³-hybridized carbons (Fsp3) is 0.412. The maximum atomic E-state index is 12.0. The second-order valence-electron chi connectivity index (χ2n) is 5.50. The summed E-state index contributed by atoms with van der Waals surface area (Å²) in [5, 5.41) is 0. The van der Waals surface area contributed by atoms with Gasteiger partial charge in [-0.15, -0.1) is 0 Å². The molecule has 0 amide bonds. The number of hydrogen-bond donors (Lipinski definition) is 0. The van der Waals surface area contributed by atoms with Gasteiger partial charge in [-0.1, -0.05) is 12.8 Å². The van der Waals surface area contributed by atoms with E-state index in [2.05, 4.69) is 4.99 Å². The third kappa shape index (κ3) is 2.98. The van der Waals surface area contributed by atoms with Gasteiger partial charge in [0.1, 0.15) is 11.5 Å². The normalized spacial score (nSPS) is 20.2. The Balaban J connectivity index is 1.89. The first-order valence-corrected chi connectivity index (χ1v) is 7.45. The minimum Gasteiger partial charge on any atom is -0.497 e. The molecule has 0 atom stereocenters. The summed E-state index contributed by atoms with van der Waals surface area (Å²) in [7, 11) is 3.18. The predicted molar refractivity (Wildman–Crippen MR) is 83.0 cm³/mol. The first-order valence-electron chi connectivity index (χ1n) is 7.45. The van der Waals surface area contributed by atoms with Gasteiger partial charge in [0, 0.05) is 12.0 Å². The number of aliphatic imine (C=N–C) groups is 1. The molecule has 0 N–H and O–H groups in total. The van der Waals surface area contributed by atoms with Crippen LogP contribution in [0.3, 0.4) is 0 Å². The topological polar surface area (TPSA) is 57.1 Å². The molecule has 1 fully saturated rings. The molecule has 2 aliphatic rings. The van der Waals surface area contributed by atoms with Gasteiger partial charge >= 0.3 is 5.97 Å². The van der Waals surface area contributed by atoms with Gasteiger partial charge in [0.2, 0.25) is 5.90 Å². The summed E-state index contributed by atoms with van der Waals surface area (Å²) in [5.41, 5.74) is 1.12. The lowest BCUT2D eigenvalue weighted by Gasteiger charge is -2.05. The van der Waals surface area contributed by atoms with Crippen molar-refractivity contribution in [1.29, 1.82) is 0 Å². The molecule has 1 saturated carbocycles. The second kappa shape index (κ2) is 6.22. The first-order chi connectivity index (χ1) is 10.7. The lowest BCUT2D eigenvalue weighted by molar-refractivity contribution is -0.130. The lowest BCUT2D eigenvalue weighted by Crippen LogP contribution is -2.12. The van der Waals surface area contributed by atoms with Crippen LogP contribution in [0.5, 0.6) is 11.5 Å². The van der Waals surface area contributed by atoms with Gasteiger partial charge in [-0.05, 0) is 36.6 Å². The highest BCUT2D eigenvalue weighted by molar-refractivity contribution is 6.07. The molecule has 3 rings (SSSR count). The molecule has 1 aliphatic heterocycles. The molecule has 116 valence electrons. The Bertz CT molecular complexity index is 620. The smallest absolute Gasteiger partial charge is 0.363 e. The van der Waals surface area contributed by atoms with Crippen LogP contribution in [0.15, 0.2) is 28.9 Å². The molecule has 5 heteroatoms. The highest BCUT2D eigenvalue weighted by Gasteiger charge is 2.30. The molecule has 0 bridgehead atoms. The summed E-state index contributed by atoms with van der Waals surface area (Å²) >= 11 is 0. The molecule has 1 aromatic carbocycles. The summed E-state index contributed by atoms with van der Waals surface area (Å²) in [6.07, 6.45) is 6.15. The fourth-order valence-corrected chi connectivity index (χ4v) is 2.84. The summed E-state index contributed by atoms with van der Waals surface area (Å²) in [4.78, 5) is 16.4. The van der Waals surface area contributed by atoms with Crippen LogP contribution in [0.2, 0.25) is 0 Å². The Kier molecular flexibility index (Phi) is 4.13. The zero-order valence-electron chi connectivity index (χ0n) is 12.8. The monoisotopic (exact) mass is 301 g/mol. The lowest BCUT2D eigenvalue weighted by atomic mass is 10.1. The number of benzene rings is 1. The maximum absolute atomic E-state index is 12.0. The molecule has 0 aromatic heterocycles. The van der Waals surface area contributed by atoms with Gasteiger partial charge in [0.25, 0.3) is 0 Å². The van der Waals surface area contributed by atoms with Crippen molar-refractivity contribution in [2.75, 3.05) is 14.2 Å². The zero-order valence-corrected chi connectivity index (χ0v) is 12.8. The van der Waals surface area contributed by atoms with Crippen LogP contribution in [0.25, 0.3) is 6.08 Å². The minimum absolute atomic E-state index is 0.287. The average molecular weight is 301 g/mol. The summed E-state index contributed by atoms with van der Waals surface area (Å²) < 4.78 is 15.8. The first kappa shape index (κ1) is 14.6. The van der Waals surface area contributed by atoms with E-state index in [9.17, 15) is 4.79 Å². The summed E-state index contributed by atoms with van der Waals surface area (Å²) in [6.45, 7) is 0. The van der Waals surface area contributed by atoms with E-state index >= 15 is 0 Å². The number of rotatable bonds is 4. The molecule has 0 saturated heterocycles. The Hall–Kier alpha value is -2.30. The van der Waals surface area contributed by atoms with Crippen molar-refractivity contribution >= 4 is 17.9 Å². The van der Waals surface area contributed by atoms with Gasteiger partial charge < -0.3 is 14.2 Å². The van der Waals surface area contributed by atoms with E-state index in [1.165, 1.54) is 12.8 Å². The number of hydrogen-bond acceptors (Lipinski definition) is 5. The van der Waals surface area contributed by atoms with Crippen LogP contribution in [-0.2, 0) is 9.53 Å². The predicted octanol–water partition coefficient (Wildman–Crippen LogP) is 3.19. The molecule has 0 unspecified atom stereocenters. The highest BCUT2D eigenvalue weighted by atomic mass is 16.6. The maximum Gasteiger partial charge on any atom is 0.363 e. The number of nitrogens with zero attached hydrogens (tertiary/aromatic N) is 1. The second-order valence-corrected chi connectivity index (χ2v) is 5.50. The van der Waals surface area contributed by atoms with Gasteiger partial charge in [0.05, 0.1) is 14.2 Å². The van der Waals surface area contributed by atoms with E-state index in [1.807, 2.05) is 12.1 Å². The molecule has 1 aromatic rings. The standard InChI is InChI=1S/C17H19NO4/c1-20-13-7-11(8-14(10-13)21-2)9-15-17(19)22-16(18-15)12-5-3-4-6-12/h7-10,12H,3-6H2,1-2H3/b15-9+. The molecule has 1 aliphatic carbocycles. The summed E-state index contributed by atoms with van der Waals surface area (Å²) in [6, 6.07) is 5.43. The number of carbonyl (C=O) groups is 1. The summed E-state index contributed by atoms with van der Waals surface area (Å²) in [5.74, 6) is 1.80. The number of esters is 1. The van der Waals surface area contributed by atoms with Crippen molar-refractivity contribution in [3.63, 3.8) is 0 Å². The average Bonchev–Trinajstić information content (AvgIpc) is 3.17. The SMILES string of the molecule is COc1cc(/C=C2/N=C(C3CCCC3)OC2=O)cc(OC)c1. The van der Waals surface area contributed by atoms with E-state index in [4.69, 9.17) is 14.2 Å². The Morgan fingerprint density at radius 2 is 1.77 bits per heavy atom. The Labute approximate surface area is 129 Å². The van der Waals surface area contributed by atoms with Crippen LogP contribution in [0.1, 0.15) is 31.2 Å². The third-order valence-corrected chi connectivity index (χ3v) is 4.02. The molecule has 0 radical (unpaired) electrons. The number of ether oxygens (including phenoxy) is 3. The van der Waals surface area contributed by atoms with Gasteiger partial charge in [-0.2, -0.15) is 0 Å². The molecule has 22 heavy (non-hydrogen) atoms. The molecule has 1 heterocycles. The molecular formula is C17H19NO4. The number of carbonyl (C=O) groups excluding carboxylic acids is 1. The van der Waals surface area contributed by atoms with Crippen molar-refractivity contribution in [1.82, 2.24) is 0 Å². The minimum atomic E-state index is -0.385. The van der Waals surface area contributed by atoms with E-state index in [1.54, 1.807) is 26.4 Å². The van der Waals surface area contributed by atoms with Crippen molar-refractivity contribution in [3.05, 3.63) is 29.5 Å². The molecular weight excluding hydrogens is 282 g/mol. The quantitative estimate of drug-likeness (QED) is 0.633. The zero-order chi connectivity index (χ0) is 15.5. The fourth-order valence-electron chi connectivity index (χ4n) is 2.84. The van der Waals surface area contributed by atoms with Crippen LogP contribution in [0.4, 0.5) is 0 Å². The number of cyclic esters (lactones) is 1. The Morgan fingerprint density at radius 3 is 2.36 bits per heavy atom. The van der Waals surface area contributed by atoms with Gasteiger partial charge in [0.15, 0.2) is 5.70 Å². The van der Waals surface area contributed by atoms with E-state index in [0.29, 0.717) is 23.1 Å². The largest absolute Gasteiger partial charge is 0.497 e. The van der Waals surface area contributed by atoms with Crippen LogP contribution in [0, 0.1) is 5.92 Å². The number of methoxy groups -OCH3 is 2. The molecule has 5 nitrogen and oxygen atoms in total. The van der Waals surface area contributed by atoms with Gasteiger partial charge in [-0.25, -0.2) is 9.79 Å². The highest BCUT2D eigenvalue weighted by Crippen LogP contribution is 2.31.